The van der Waals surface area contributed by atoms with E-state index < -0.39 is 0 Å². The molecule has 2 heterocycles. The molecule has 0 aromatic carbocycles. The molecule has 0 spiro atoms. The molecule has 1 fully saturated rings. The van der Waals surface area contributed by atoms with Gasteiger partial charge in [-0.05, 0) is 19.8 Å². The molecule has 1 saturated heterocycles. The Kier molecular flexibility index (Phi) is 6.34. The highest BCUT2D eigenvalue weighted by Crippen LogP contribution is 2.20. The molecule has 102 valence electrons. The molecule has 1 aromatic rings. The zero-order chi connectivity index (χ0) is 12.3. The minimum Gasteiger partial charge on any atom is -0.370 e. The second-order valence-corrected chi connectivity index (χ2v) is 5.51. The normalized spacial score (nSPS) is 17.7. The number of aryl methyl sites for hydroxylation is 1. The van der Waals surface area contributed by atoms with E-state index in [0.29, 0.717) is 11.9 Å². The van der Waals surface area contributed by atoms with E-state index in [1.165, 1.54) is 12.8 Å². The lowest BCUT2D eigenvalue weighted by Crippen LogP contribution is -2.35. The van der Waals surface area contributed by atoms with Crippen LogP contribution in [0.15, 0.2) is 10.4 Å². The first-order valence-corrected chi connectivity index (χ1v) is 7.01. The van der Waals surface area contributed by atoms with Gasteiger partial charge in [-0.15, -0.1) is 35.3 Å². The minimum absolute atomic E-state index is 0. The number of nitrogens with zero attached hydrogens (tertiary/aromatic N) is 3. The molecule has 1 aliphatic rings. The second-order valence-electron chi connectivity index (χ2n) is 4.62. The molecule has 2 rings (SSSR count). The number of nitrogens with two attached hydrogens (primary N) is 1. The predicted molar refractivity (Wildman–Crippen MR) is 88.0 cm³/mol. The SMILES string of the molecule is Cc1csc(C(C)CN=C(N)N2CCCC2)n1.I. The molecule has 0 radical (unpaired) electrons. The average Bonchev–Trinajstić information content (AvgIpc) is 2.95. The van der Waals surface area contributed by atoms with Crippen molar-refractivity contribution in [1.29, 1.82) is 0 Å². The van der Waals surface area contributed by atoms with Gasteiger partial charge in [0.15, 0.2) is 5.96 Å². The number of aromatic nitrogens is 1. The summed E-state index contributed by atoms with van der Waals surface area (Å²) in [6.45, 7) is 7.02. The lowest BCUT2D eigenvalue weighted by Gasteiger charge is -2.16. The van der Waals surface area contributed by atoms with Gasteiger partial charge in [-0.2, -0.15) is 0 Å². The fourth-order valence-electron chi connectivity index (χ4n) is 1.95. The summed E-state index contributed by atoms with van der Waals surface area (Å²) < 4.78 is 0. The van der Waals surface area contributed by atoms with Crippen LogP contribution in [0.1, 0.15) is 36.4 Å². The first kappa shape index (κ1) is 15.7. The van der Waals surface area contributed by atoms with Crippen molar-refractivity contribution >= 4 is 41.3 Å². The van der Waals surface area contributed by atoms with Crippen molar-refractivity contribution in [1.82, 2.24) is 9.88 Å². The topological polar surface area (TPSA) is 54.5 Å². The summed E-state index contributed by atoms with van der Waals surface area (Å²) in [6.07, 6.45) is 2.47. The molecule has 18 heavy (non-hydrogen) atoms. The van der Waals surface area contributed by atoms with Crippen molar-refractivity contribution in [3.05, 3.63) is 16.1 Å². The van der Waals surface area contributed by atoms with E-state index in [0.717, 1.165) is 30.3 Å². The molecule has 1 unspecified atom stereocenters. The van der Waals surface area contributed by atoms with Gasteiger partial charge in [0.25, 0.3) is 0 Å². The summed E-state index contributed by atoms with van der Waals surface area (Å²) in [5.74, 6) is 1.05. The van der Waals surface area contributed by atoms with Crippen LogP contribution in [-0.4, -0.2) is 35.5 Å². The zero-order valence-electron chi connectivity index (χ0n) is 10.9. The molecule has 0 amide bonds. The summed E-state index contributed by atoms with van der Waals surface area (Å²) >= 11 is 1.71. The molecule has 1 atom stereocenters. The van der Waals surface area contributed by atoms with E-state index in [-0.39, 0.29) is 24.0 Å². The lowest BCUT2D eigenvalue weighted by atomic mass is 10.2. The fraction of sp³-hybridized carbons (Fsp3) is 0.667. The third-order valence-corrected chi connectivity index (χ3v) is 4.21. The van der Waals surface area contributed by atoms with Crippen molar-refractivity contribution in [3.63, 3.8) is 0 Å². The quantitative estimate of drug-likeness (QED) is 0.498. The number of hydrogen-bond donors (Lipinski definition) is 1. The Labute approximate surface area is 130 Å². The largest absolute Gasteiger partial charge is 0.370 e. The Balaban J connectivity index is 0.00000162. The number of aliphatic imine (C=N–C) groups is 1. The molecular formula is C12H21IN4S. The lowest BCUT2D eigenvalue weighted by molar-refractivity contribution is 0.509. The Bertz CT molecular complexity index is 399. The van der Waals surface area contributed by atoms with E-state index in [2.05, 4.69) is 27.2 Å². The first-order chi connectivity index (χ1) is 8.16. The monoisotopic (exact) mass is 380 g/mol. The van der Waals surface area contributed by atoms with Crippen molar-refractivity contribution in [2.75, 3.05) is 19.6 Å². The van der Waals surface area contributed by atoms with E-state index in [1.54, 1.807) is 11.3 Å². The van der Waals surface area contributed by atoms with Gasteiger partial charge < -0.3 is 10.6 Å². The summed E-state index contributed by atoms with van der Waals surface area (Å²) in [5.41, 5.74) is 7.06. The van der Waals surface area contributed by atoms with Gasteiger partial charge in [0.1, 0.15) is 0 Å². The Morgan fingerprint density at radius 2 is 2.22 bits per heavy atom. The second kappa shape index (κ2) is 7.28. The van der Waals surface area contributed by atoms with Crippen molar-refractivity contribution in [2.24, 2.45) is 10.7 Å². The van der Waals surface area contributed by atoms with E-state index >= 15 is 0 Å². The molecule has 6 heteroatoms. The molecule has 0 saturated carbocycles. The Morgan fingerprint density at radius 3 is 2.78 bits per heavy atom. The maximum Gasteiger partial charge on any atom is 0.191 e. The number of rotatable bonds is 3. The maximum atomic E-state index is 5.97. The van der Waals surface area contributed by atoms with Crippen LogP contribution in [-0.2, 0) is 0 Å². The van der Waals surface area contributed by atoms with Crippen LogP contribution in [0, 0.1) is 6.92 Å². The van der Waals surface area contributed by atoms with Crippen molar-refractivity contribution < 1.29 is 0 Å². The molecule has 0 aliphatic carbocycles. The molecular weight excluding hydrogens is 359 g/mol. The highest BCUT2D eigenvalue weighted by Gasteiger charge is 2.14. The van der Waals surface area contributed by atoms with Crippen LogP contribution in [0.5, 0.6) is 0 Å². The highest BCUT2D eigenvalue weighted by atomic mass is 127. The standard InChI is InChI=1S/C12H20N4S.HI/c1-9(11-15-10(2)8-17-11)7-14-12(13)16-5-3-4-6-16;/h8-9H,3-7H2,1-2H3,(H2,13,14);1H. The zero-order valence-corrected chi connectivity index (χ0v) is 14.1. The number of likely N-dealkylation sites (tertiary alicyclic amines) is 1. The van der Waals surface area contributed by atoms with Crippen molar-refractivity contribution in [3.8, 4) is 0 Å². The van der Waals surface area contributed by atoms with E-state index in [9.17, 15) is 0 Å². The van der Waals surface area contributed by atoms with Crippen LogP contribution in [0.2, 0.25) is 0 Å². The Hall–Kier alpha value is -0.370. The Morgan fingerprint density at radius 1 is 1.56 bits per heavy atom. The minimum atomic E-state index is 0. The van der Waals surface area contributed by atoms with Crippen LogP contribution in [0.25, 0.3) is 0 Å². The van der Waals surface area contributed by atoms with Gasteiger partial charge >= 0.3 is 0 Å². The number of halogens is 1. The van der Waals surface area contributed by atoms with Gasteiger partial charge in [0.2, 0.25) is 0 Å². The smallest absolute Gasteiger partial charge is 0.191 e. The number of hydrogen-bond acceptors (Lipinski definition) is 3. The third kappa shape index (κ3) is 4.08. The van der Waals surface area contributed by atoms with Gasteiger partial charge in [0.05, 0.1) is 11.6 Å². The van der Waals surface area contributed by atoms with Gasteiger partial charge in [-0.3, -0.25) is 4.99 Å². The maximum absolute atomic E-state index is 5.97. The predicted octanol–water partition coefficient (Wildman–Crippen LogP) is 2.58. The van der Waals surface area contributed by atoms with Crippen molar-refractivity contribution in [2.45, 2.75) is 32.6 Å². The van der Waals surface area contributed by atoms with Crippen LogP contribution < -0.4 is 5.73 Å². The average molecular weight is 380 g/mol. The molecule has 2 N–H and O–H groups in total. The highest BCUT2D eigenvalue weighted by molar-refractivity contribution is 14.0. The van der Waals surface area contributed by atoms with Gasteiger partial charge in [-0.25, -0.2) is 4.98 Å². The molecule has 4 nitrogen and oxygen atoms in total. The summed E-state index contributed by atoms with van der Waals surface area (Å²) in [7, 11) is 0. The fourth-order valence-corrected chi connectivity index (χ4v) is 2.80. The third-order valence-electron chi connectivity index (χ3n) is 3.02. The van der Waals surface area contributed by atoms with Gasteiger partial charge in [0, 0.05) is 30.1 Å². The molecule has 0 bridgehead atoms. The molecule has 1 aliphatic heterocycles. The van der Waals surface area contributed by atoms with Crippen LogP contribution >= 0.6 is 35.3 Å². The summed E-state index contributed by atoms with van der Waals surface area (Å²) in [6, 6.07) is 0. The first-order valence-electron chi connectivity index (χ1n) is 6.13. The molecule has 1 aromatic heterocycles. The number of guanidine groups is 1. The summed E-state index contributed by atoms with van der Waals surface area (Å²) in [5, 5.41) is 3.24. The van der Waals surface area contributed by atoms with Crippen LogP contribution in [0.4, 0.5) is 0 Å². The number of thiazole rings is 1. The van der Waals surface area contributed by atoms with Crippen LogP contribution in [0.3, 0.4) is 0 Å². The van der Waals surface area contributed by atoms with E-state index in [4.69, 9.17) is 5.73 Å². The van der Waals surface area contributed by atoms with Gasteiger partial charge in [-0.1, -0.05) is 6.92 Å². The summed E-state index contributed by atoms with van der Waals surface area (Å²) in [4.78, 5) is 11.1. The van der Waals surface area contributed by atoms with E-state index in [1.807, 2.05) is 6.92 Å².